The summed E-state index contributed by atoms with van der Waals surface area (Å²) >= 11 is 6.52. The number of carbonyl (C=O) groups is 1. The maximum absolute atomic E-state index is 16.2. The Morgan fingerprint density at radius 1 is 1.23 bits per heavy atom. The van der Waals surface area contributed by atoms with Crippen molar-refractivity contribution in [3.63, 3.8) is 0 Å². The van der Waals surface area contributed by atoms with Crippen LogP contribution >= 0.6 is 11.6 Å². The minimum absolute atomic E-state index is 0.0311. The van der Waals surface area contributed by atoms with Crippen LogP contribution in [-0.4, -0.2) is 57.1 Å². The van der Waals surface area contributed by atoms with Crippen LogP contribution in [0.4, 0.5) is 15.8 Å². The number of hydrogen-bond donors (Lipinski definition) is 1. The Kier molecular flexibility index (Phi) is 7.57. The molecule has 0 saturated carbocycles. The number of nitrogen functional groups attached to an aromatic ring is 1. The van der Waals surface area contributed by atoms with Crippen LogP contribution < -0.4 is 20.9 Å². The van der Waals surface area contributed by atoms with E-state index in [4.69, 9.17) is 27.1 Å². The summed E-state index contributed by atoms with van der Waals surface area (Å²) in [7, 11) is 0. The molecule has 0 radical (unpaired) electrons. The van der Waals surface area contributed by atoms with E-state index in [9.17, 15) is 9.59 Å². The number of carbonyl (C=O) groups excluding carboxylic acids is 1. The van der Waals surface area contributed by atoms with Crippen LogP contribution in [0.5, 0.6) is 5.75 Å². The molecule has 228 valence electrons. The van der Waals surface area contributed by atoms with E-state index in [-0.39, 0.29) is 52.6 Å². The Balaban J connectivity index is 1.71. The first-order valence-corrected chi connectivity index (χ1v) is 15.0. The van der Waals surface area contributed by atoms with E-state index in [1.54, 1.807) is 29.3 Å². The smallest absolute Gasteiger partial charge is 0.301 e. The molecule has 4 aromatic rings. The van der Waals surface area contributed by atoms with Crippen molar-refractivity contribution in [1.82, 2.24) is 19.4 Å². The number of aryl methyl sites for hydroxylation is 1. The molecule has 2 aliphatic rings. The van der Waals surface area contributed by atoms with Gasteiger partial charge >= 0.3 is 5.56 Å². The molecule has 6 rings (SSSR count). The molecule has 2 unspecified atom stereocenters. The lowest BCUT2D eigenvalue weighted by molar-refractivity contribution is -0.128. The van der Waals surface area contributed by atoms with Crippen LogP contribution in [0.1, 0.15) is 44.4 Å². The first kappa shape index (κ1) is 29.6. The largest absolute Gasteiger partial charge is 0.486 e. The lowest BCUT2D eigenvalue weighted by Crippen LogP contribution is -2.59. The van der Waals surface area contributed by atoms with E-state index < -0.39 is 11.4 Å². The van der Waals surface area contributed by atoms with Gasteiger partial charge in [-0.15, -0.1) is 0 Å². The standard InChI is InChI=1S/C33H34ClFN6O3/c1-6-26(42)39-16-21-10-12-44-31-30(40(21)15-19(39)5)23-14-25(35)28(22-13-20(36)7-8-24(22)34)38-32(23)41(33(31)43)29-18(4)9-11-37-27(29)17(2)3/h6-9,11,13-14,17,19,21H,1,10,12,15-16,36H2,2-5H3. The third-order valence-corrected chi connectivity index (χ3v) is 8.82. The van der Waals surface area contributed by atoms with Gasteiger partial charge in [-0.1, -0.05) is 32.0 Å². The number of anilines is 2. The fourth-order valence-corrected chi connectivity index (χ4v) is 6.55. The summed E-state index contributed by atoms with van der Waals surface area (Å²) in [6, 6.07) is 7.64. The van der Waals surface area contributed by atoms with Gasteiger partial charge in [0, 0.05) is 48.4 Å². The Morgan fingerprint density at radius 2 is 2.00 bits per heavy atom. The minimum Gasteiger partial charge on any atom is -0.486 e. The molecule has 2 aliphatic heterocycles. The first-order valence-electron chi connectivity index (χ1n) is 14.6. The number of ether oxygens (including phenoxy) is 1. The summed E-state index contributed by atoms with van der Waals surface area (Å²) in [5, 5.41) is 0.677. The van der Waals surface area contributed by atoms with Gasteiger partial charge in [0.1, 0.15) is 11.5 Å². The van der Waals surface area contributed by atoms with Crippen molar-refractivity contribution >= 4 is 39.9 Å². The molecule has 1 fully saturated rings. The van der Waals surface area contributed by atoms with E-state index in [1.807, 2.05) is 33.8 Å². The zero-order valence-corrected chi connectivity index (χ0v) is 25.9. The maximum Gasteiger partial charge on any atom is 0.301 e. The zero-order valence-electron chi connectivity index (χ0n) is 25.1. The molecule has 2 N–H and O–H groups in total. The third-order valence-electron chi connectivity index (χ3n) is 8.49. The molecule has 3 aromatic heterocycles. The molecular weight excluding hydrogens is 583 g/mol. The summed E-state index contributed by atoms with van der Waals surface area (Å²) in [6.07, 6.45) is 3.58. The lowest BCUT2D eigenvalue weighted by atomic mass is 10.0. The van der Waals surface area contributed by atoms with E-state index in [0.717, 1.165) is 5.56 Å². The number of aromatic nitrogens is 3. The van der Waals surface area contributed by atoms with Gasteiger partial charge in [0.05, 0.1) is 34.7 Å². The van der Waals surface area contributed by atoms with Gasteiger partial charge in [-0.05, 0) is 61.7 Å². The monoisotopic (exact) mass is 616 g/mol. The van der Waals surface area contributed by atoms with Crippen molar-refractivity contribution in [3.8, 4) is 22.7 Å². The molecule has 1 saturated heterocycles. The van der Waals surface area contributed by atoms with Gasteiger partial charge in [-0.2, -0.15) is 0 Å². The fraction of sp³-hybridized carbons (Fsp3) is 0.333. The van der Waals surface area contributed by atoms with Gasteiger partial charge < -0.3 is 20.3 Å². The van der Waals surface area contributed by atoms with Crippen LogP contribution in [0.25, 0.3) is 28.0 Å². The summed E-state index contributed by atoms with van der Waals surface area (Å²) in [6.45, 7) is 12.6. The Bertz CT molecular complexity index is 1890. The Labute approximate surface area is 259 Å². The van der Waals surface area contributed by atoms with Crippen LogP contribution in [0.15, 0.2) is 54.0 Å². The molecule has 2 atom stereocenters. The van der Waals surface area contributed by atoms with Crippen LogP contribution in [-0.2, 0) is 4.79 Å². The number of amides is 1. The first-order chi connectivity index (χ1) is 21.0. The summed E-state index contributed by atoms with van der Waals surface area (Å²) in [4.78, 5) is 40.6. The second kappa shape index (κ2) is 11.2. The maximum atomic E-state index is 16.2. The van der Waals surface area contributed by atoms with Crippen molar-refractivity contribution in [2.24, 2.45) is 0 Å². The van der Waals surface area contributed by atoms with Gasteiger partial charge in [0.2, 0.25) is 11.7 Å². The highest BCUT2D eigenvalue weighted by molar-refractivity contribution is 6.33. The lowest BCUT2D eigenvalue weighted by Gasteiger charge is -2.45. The second-order valence-electron chi connectivity index (χ2n) is 11.8. The Morgan fingerprint density at radius 3 is 2.73 bits per heavy atom. The second-order valence-corrected chi connectivity index (χ2v) is 12.2. The molecule has 44 heavy (non-hydrogen) atoms. The number of piperazine rings is 1. The number of pyridine rings is 3. The molecule has 0 spiro atoms. The van der Waals surface area contributed by atoms with Gasteiger partial charge in [0.15, 0.2) is 5.65 Å². The predicted octanol–water partition coefficient (Wildman–Crippen LogP) is 5.63. The average molecular weight is 617 g/mol. The summed E-state index contributed by atoms with van der Waals surface area (Å²) in [5.41, 5.74) is 9.08. The number of nitrogens with zero attached hydrogens (tertiary/aromatic N) is 5. The van der Waals surface area contributed by atoms with Crippen LogP contribution in [0.3, 0.4) is 0 Å². The molecule has 9 nitrogen and oxygen atoms in total. The van der Waals surface area contributed by atoms with Crippen molar-refractivity contribution in [2.75, 3.05) is 30.3 Å². The molecule has 1 amide bonds. The van der Waals surface area contributed by atoms with Crippen molar-refractivity contribution in [3.05, 3.63) is 81.6 Å². The highest BCUT2D eigenvalue weighted by Gasteiger charge is 2.39. The van der Waals surface area contributed by atoms with Crippen molar-refractivity contribution in [2.45, 2.75) is 52.1 Å². The fourth-order valence-electron chi connectivity index (χ4n) is 6.35. The molecule has 0 bridgehead atoms. The topological polar surface area (TPSA) is 107 Å². The molecular formula is C33H34ClFN6O3. The predicted molar refractivity (Wildman–Crippen MR) is 171 cm³/mol. The molecule has 0 aliphatic carbocycles. The van der Waals surface area contributed by atoms with E-state index in [2.05, 4.69) is 16.5 Å². The van der Waals surface area contributed by atoms with E-state index in [1.165, 1.54) is 16.7 Å². The number of fused-ring (bicyclic) bond motifs is 5. The van der Waals surface area contributed by atoms with Crippen LogP contribution in [0.2, 0.25) is 5.02 Å². The summed E-state index contributed by atoms with van der Waals surface area (Å²) in [5.74, 6) is -0.702. The number of nitrogens with two attached hydrogens (primary N) is 1. The molecule has 5 heterocycles. The quantitative estimate of drug-likeness (QED) is 0.234. The normalized spacial score (nSPS) is 18.1. The SMILES string of the molecule is C=CC(=O)N1CC2CCOc3c(c4cc(F)c(-c5cc(N)ccc5Cl)nc4n(-c4c(C)ccnc4C(C)C)c3=O)N2CC1C. The minimum atomic E-state index is -0.626. The highest BCUT2D eigenvalue weighted by Crippen LogP contribution is 2.42. The van der Waals surface area contributed by atoms with Gasteiger partial charge in [0.25, 0.3) is 0 Å². The molecule has 11 heteroatoms. The Hall–Kier alpha value is -4.44. The van der Waals surface area contributed by atoms with Gasteiger partial charge in [-0.3, -0.25) is 19.1 Å². The van der Waals surface area contributed by atoms with Crippen molar-refractivity contribution < 1.29 is 13.9 Å². The van der Waals surface area contributed by atoms with Crippen LogP contribution in [0, 0.1) is 12.7 Å². The number of benzene rings is 1. The van der Waals surface area contributed by atoms with E-state index in [0.29, 0.717) is 53.2 Å². The summed E-state index contributed by atoms with van der Waals surface area (Å²) < 4.78 is 24.0. The molecule has 1 aromatic carbocycles. The van der Waals surface area contributed by atoms with Crippen molar-refractivity contribution in [1.29, 1.82) is 0 Å². The van der Waals surface area contributed by atoms with E-state index >= 15 is 4.39 Å². The number of rotatable bonds is 4. The highest BCUT2D eigenvalue weighted by atomic mass is 35.5. The zero-order chi connectivity index (χ0) is 31.4. The van der Waals surface area contributed by atoms with Gasteiger partial charge in [-0.25, -0.2) is 9.37 Å². The number of halogens is 2. The average Bonchev–Trinajstić information content (AvgIpc) is 3.18. The third kappa shape index (κ3) is 4.77. The number of hydrogen-bond acceptors (Lipinski definition) is 7.